The summed E-state index contributed by atoms with van der Waals surface area (Å²) in [5.74, 6) is 0. The van der Waals surface area contributed by atoms with E-state index >= 15 is 0 Å². The standard InChI is InChI=1S/C10H18.C3H8.H3N.H2/c1-6-9(3)8-10(4,5)7-2;1-3-2;;/h6-7H,2,8H2,1,3-5H3;3H2,1-2H3;1H3;1H/b9-6-;;;. The topological polar surface area (TPSA) is 35.0 Å². The van der Waals surface area contributed by atoms with Gasteiger partial charge in [-0.25, -0.2) is 0 Å². The van der Waals surface area contributed by atoms with Crippen LogP contribution in [0, 0.1) is 5.41 Å². The van der Waals surface area contributed by atoms with Crippen LogP contribution in [0.5, 0.6) is 0 Å². The largest absolute Gasteiger partial charge is 0.344 e. The minimum absolute atomic E-state index is 0. The predicted octanol–water partition coefficient (Wildman–Crippen LogP) is 5.38. The van der Waals surface area contributed by atoms with E-state index in [0.29, 0.717) is 0 Å². The van der Waals surface area contributed by atoms with Gasteiger partial charge in [-0.3, -0.25) is 0 Å². The highest BCUT2D eigenvalue weighted by Crippen LogP contribution is 2.25. The van der Waals surface area contributed by atoms with Gasteiger partial charge in [-0.2, -0.15) is 0 Å². The summed E-state index contributed by atoms with van der Waals surface area (Å²) >= 11 is 0. The average molecular weight is 201 g/mol. The Morgan fingerprint density at radius 1 is 1.36 bits per heavy atom. The molecule has 0 aromatic heterocycles. The fourth-order valence-electron chi connectivity index (χ4n) is 0.893. The molecule has 0 aromatic carbocycles. The SMILES string of the molecule is C=CC(C)(C)C/C(C)=C\C.CCC.N.[HH]. The van der Waals surface area contributed by atoms with Gasteiger partial charge in [0.25, 0.3) is 0 Å². The predicted molar refractivity (Wildman–Crippen MR) is 71.1 cm³/mol. The van der Waals surface area contributed by atoms with Crippen molar-refractivity contribution in [2.75, 3.05) is 0 Å². The summed E-state index contributed by atoms with van der Waals surface area (Å²) in [7, 11) is 0. The highest BCUT2D eigenvalue weighted by Gasteiger charge is 2.12. The lowest BCUT2D eigenvalue weighted by Gasteiger charge is -2.19. The van der Waals surface area contributed by atoms with Crippen LogP contribution >= 0.6 is 0 Å². The molecule has 0 saturated carbocycles. The first-order valence-corrected chi connectivity index (χ1v) is 5.18. The highest BCUT2D eigenvalue weighted by molar-refractivity contribution is 5.03. The van der Waals surface area contributed by atoms with Crippen LogP contribution in [0.4, 0.5) is 0 Å². The van der Waals surface area contributed by atoms with Crippen LogP contribution in [0.2, 0.25) is 0 Å². The van der Waals surface area contributed by atoms with Crippen molar-refractivity contribution in [3.05, 3.63) is 24.3 Å². The average Bonchev–Trinajstić information content (AvgIpc) is 2.05. The van der Waals surface area contributed by atoms with Crippen molar-refractivity contribution in [3.8, 4) is 0 Å². The second kappa shape index (κ2) is 10.5. The maximum atomic E-state index is 3.79. The summed E-state index contributed by atoms with van der Waals surface area (Å²) in [5, 5.41) is 0. The maximum Gasteiger partial charge on any atom is 0 e. The molecule has 1 heteroatoms. The number of hydrogen-bond acceptors (Lipinski definition) is 1. The number of rotatable bonds is 3. The van der Waals surface area contributed by atoms with Gasteiger partial charge in [-0.05, 0) is 25.7 Å². The second-order valence-corrected chi connectivity index (χ2v) is 4.21. The molecule has 0 rings (SSSR count). The van der Waals surface area contributed by atoms with Gasteiger partial charge in [0.15, 0.2) is 0 Å². The van der Waals surface area contributed by atoms with Gasteiger partial charge < -0.3 is 6.15 Å². The molecule has 0 bridgehead atoms. The van der Waals surface area contributed by atoms with Crippen LogP contribution in [0.25, 0.3) is 0 Å². The summed E-state index contributed by atoms with van der Waals surface area (Å²) in [5.41, 5.74) is 1.70. The van der Waals surface area contributed by atoms with E-state index in [1.807, 2.05) is 6.08 Å². The second-order valence-electron chi connectivity index (χ2n) is 4.21. The Bertz CT molecular complexity index is 160. The zero-order valence-electron chi connectivity index (χ0n) is 11.0. The summed E-state index contributed by atoms with van der Waals surface area (Å²) in [6.07, 6.45) is 6.54. The van der Waals surface area contributed by atoms with Crippen LogP contribution in [-0.2, 0) is 0 Å². The van der Waals surface area contributed by atoms with Gasteiger partial charge >= 0.3 is 0 Å². The molecule has 14 heavy (non-hydrogen) atoms. The highest BCUT2D eigenvalue weighted by atomic mass is 14.2. The molecule has 0 unspecified atom stereocenters. The molecule has 88 valence electrons. The minimum Gasteiger partial charge on any atom is -0.344 e. The van der Waals surface area contributed by atoms with Gasteiger partial charge in [0.1, 0.15) is 0 Å². The molecule has 0 aromatic rings. The van der Waals surface area contributed by atoms with Crippen molar-refractivity contribution >= 4 is 0 Å². The van der Waals surface area contributed by atoms with E-state index in [-0.39, 0.29) is 13.0 Å². The number of hydrogen-bond donors (Lipinski definition) is 1. The summed E-state index contributed by atoms with van der Waals surface area (Å²) in [6, 6.07) is 0. The normalized spacial score (nSPS) is 10.9. The van der Waals surface area contributed by atoms with Crippen molar-refractivity contribution in [2.45, 2.75) is 54.4 Å². The first-order valence-electron chi connectivity index (χ1n) is 5.18. The van der Waals surface area contributed by atoms with Crippen LogP contribution in [0.15, 0.2) is 24.3 Å². The molecule has 0 aliphatic heterocycles. The lowest BCUT2D eigenvalue weighted by atomic mass is 9.86. The Hall–Kier alpha value is -0.560. The summed E-state index contributed by atoms with van der Waals surface area (Å²) in [6.45, 7) is 16.7. The molecular weight excluding hydrogens is 170 g/mol. The summed E-state index contributed by atoms with van der Waals surface area (Å²) in [4.78, 5) is 0. The Balaban J connectivity index is -0.000000108. The fourth-order valence-corrected chi connectivity index (χ4v) is 0.893. The maximum absolute atomic E-state index is 3.79. The molecule has 0 amide bonds. The lowest BCUT2D eigenvalue weighted by Crippen LogP contribution is -2.06. The number of allylic oxidation sites excluding steroid dienone is 3. The van der Waals surface area contributed by atoms with E-state index in [4.69, 9.17) is 0 Å². The van der Waals surface area contributed by atoms with Crippen molar-refractivity contribution in [3.63, 3.8) is 0 Å². The smallest absolute Gasteiger partial charge is 0 e. The molecule has 0 fully saturated rings. The molecule has 1 nitrogen and oxygen atoms in total. The molecule has 0 saturated heterocycles. The lowest BCUT2D eigenvalue weighted by molar-refractivity contribution is 0.476. The third-order valence-corrected chi connectivity index (χ3v) is 1.78. The third-order valence-electron chi connectivity index (χ3n) is 1.78. The first kappa shape index (κ1) is 19.1. The van der Waals surface area contributed by atoms with Crippen LogP contribution in [-0.4, -0.2) is 0 Å². The van der Waals surface area contributed by atoms with Crippen molar-refractivity contribution in [1.82, 2.24) is 6.15 Å². The molecule has 3 N–H and O–H groups in total. The molecule has 0 heterocycles. The van der Waals surface area contributed by atoms with Gasteiger partial charge in [0.05, 0.1) is 0 Å². The van der Waals surface area contributed by atoms with Crippen molar-refractivity contribution in [2.24, 2.45) is 5.41 Å². The van der Waals surface area contributed by atoms with Crippen molar-refractivity contribution in [1.29, 1.82) is 0 Å². The van der Waals surface area contributed by atoms with Gasteiger partial charge in [-0.1, -0.05) is 51.8 Å². The molecule has 0 aliphatic rings. The Morgan fingerprint density at radius 3 is 1.93 bits per heavy atom. The van der Waals surface area contributed by atoms with E-state index in [1.165, 1.54) is 12.0 Å². The Labute approximate surface area is 92.4 Å². The van der Waals surface area contributed by atoms with E-state index in [9.17, 15) is 0 Å². The van der Waals surface area contributed by atoms with E-state index < -0.39 is 0 Å². The Kier molecular flexibility index (Phi) is 14.3. The van der Waals surface area contributed by atoms with Gasteiger partial charge in [-0.15, -0.1) is 6.58 Å². The van der Waals surface area contributed by atoms with E-state index in [2.05, 4.69) is 54.2 Å². The third kappa shape index (κ3) is 14.0. The molecule has 0 radical (unpaired) electrons. The fraction of sp³-hybridized carbons (Fsp3) is 0.692. The van der Waals surface area contributed by atoms with Crippen LogP contribution in [0.3, 0.4) is 0 Å². The van der Waals surface area contributed by atoms with E-state index in [1.54, 1.807) is 0 Å². The molecule has 0 aliphatic carbocycles. The Morgan fingerprint density at radius 2 is 1.71 bits per heavy atom. The zero-order chi connectivity index (χ0) is 10.9. The quantitative estimate of drug-likeness (QED) is 0.611. The zero-order valence-corrected chi connectivity index (χ0v) is 11.0. The minimum atomic E-state index is 0. The van der Waals surface area contributed by atoms with E-state index in [0.717, 1.165) is 6.42 Å². The van der Waals surface area contributed by atoms with Crippen molar-refractivity contribution < 1.29 is 1.43 Å². The van der Waals surface area contributed by atoms with Crippen LogP contribution in [0.1, 0.15) is 55.8 Å². The first-order chi connectivity index (χ1) is 5.93. The molecular formula is C13H31N. The monoisotopic (exact) mass is 201 g/mol. The molecule has 0 atom stereocenters. The van der Waals surface area contributed by atoms with Gasteiger partial charge in [0.2, 0.25) is 0 Å². The summed E-state index contributed by atoms with van der Waals surface area (Å²) < 4.78 is 0. The molecule has 0 spiro atoms. The van der Waals surface area contributed by atoms with Gasteiger partial charge in [0, 0.05) is 1.43 Å². The van der Waals surface area contributed by atoms with Crippen LogP contribution < -0.4 is 6.15 Å².